The van der Waals surface area contributed by atoms with E-state index in [1.807, 2.05) is 32.3 Å². The van der Waals surface area contributed by atoms with E-state index in [-0.39, 0.29) is 17.9 Å². The number of halogens is 2. The summed E-state index contributed by atoms with van der Waals surface area (Å²) < 4.78 is 5.49. The number of hydrogen-bond donors (Lipinski definition) is 0. The zero-order valence-corrected chi connectivity index (χ0v) is 12.0. The Balaban J connectivity index is 2.14. The normalized spacial score (nSPS) is 10.3. The van der Waals surface area contributed by atoms with Crippen LogP contribution >= 0.6 is 23.2 Å². The van der Waals surface area contributed by atoms with Crippen molar-refractivity contribution >= 4 is 29.2 Å². The highest BCUT2D eigenvalue weighted by Gasteiger charge is 2.08. The van der Waals surface area contributed by atoms with Crippen LogP contribution in [0.4, 0.5) is 5.95 Å². The van der Waals surface area contributed by atoms with Gasteiger partial charge in [-0.05, 0) is 17.7 Å². The summed E-state index contributed by atoms with van der Waals surface area (Å²) in [5.41, 5.74) is 0.854. The molecule has 100 valence electrons. The van der Waals surface area contributed by atoms with Gasteiger partial charge in [0, 0.05) is 24.7 Å². The molecule has 0 unspecified atom stereocenters. The summed E-state index contributed by atoms with van der Waals surface area (Å²) in [5.74, 6) is 0.439. The first-order chi connectivity index (χ1) is 9.06. The third-order valence-electron chi connectivity index (χ3n) is 2.29. The average Bonchev–Trinajstić information content (AvgIpc) is 2.37. The molecule has 5 nitrogen and oxygen atoms in total. The summed E-state index contributed by atoms with van der Waals surface area (Å²) in [6.45, 7) is 0.271. The van der Waals surface area contributed by atoms with Gasteiger partial charge in [0.15, 0.2) is 0 Å². The van der Waals surface area contributed by atoms with Crippen molar-refractivity contribution in [3.8, 4) is 6.01 Å². The molecule has 0 fully saturated rings. The predicted octanol–water partition coefficient (Wildman–Crippen LogP) is 2.82. The van der Waals surface area contributed by atoms with Crippen LogP contribution in [0.2, 0.25) is 10.3 Å². The molecule has 0 atom stereocenters. The minimum absolute atomic E-state index is 0.0906. The molecular formula is C12H12Cl2N4O. The Hall–Kier alpha value is -1.59. The molecule has 2 rings (SSSR count). The van der Waals surface area contributed by atoms with Crippen molar-refractivity contribution in [1.29, 1.82) is 0 Å². The van der Waals surface area contributed by atoms with E-state index < -0.39 is 0 Å². The molecule has 0 aliphatic heterocycles. The maximum Gasteiger partial charge on any atom is 0.322 e. The maximum atomic E-state index is 6.04. The van der Waals surface area contributed by atoms with Gasteiger partial charge in [0.25, 0.3) is 0 Å². The first kappa shape index (κ1) is 13.8. The molecule has 0 spiro atoms. The van der Waals surface area contributed by atoms with Gasteiger partial charge in [-0.3, -0.25) is 0 Å². The average molecular weight is 299 g/mol. The fourth-order valence-electron chi connectivity index (χ4n) is 1.34. The van der Waals surface area contributed by atoms with Gasteiger partial charge in [-0.2, -0.15) is 15.0 Å². The number of hydrogen-bond acceptors (Lipinski definition) is 5. The van der Waals surface area contributed by atoms with E-state index in [1.165, 1.54) is 0 Å². The second kappa shape index (κ2) is 6.04. The van der Waals surface area contributed by atoms with E-state index in [0.717, 1.165) is 5.56 Å². The van der Waals surface area contributed by atoms with Gasteiger partial charge in [0.05, 0.1) is 0 Å². The van der Waals surface area contributed by atoms with Crippen molar-refractivity contribution in [2.75, 3.05) is 19.0 Å². The number of anilines is 1. The zero-order valence-electron chi connectivity index (χ0n) is 10.5. The molecule has 1 aromatic heterocycles. The minimum Gasteiger partial charge on any atom is -0.458 e. The van der Waals surface area contributed by atoms with E-state index in [2.05, 4.69) is 15.0 Å². The fraction of sp³-hybridized carbons (Fsp3) is 0.250. The van der Waals surface area contributed by atoms with Crippen LogP contribution in [0.1, 0.15) is 5.56 Å². The summed E-state index contributed by atoms with van der Waals surface area (Å²) in [7, 11) is 3.62. The highest BCUT2D eigenvalue weighted by Crippen LogP contribution is 2.18. The third kappa shape index (κ3) is 3.68. The summed E-state index contributed by atoms with van der Waals surface area (Å²) in [5, 5.41) is 0.725. The Morgan fingerprint density at radius 3 is 2.53 bits per heavy atom. The van der Waals surface area contributed by atoms with Gasteiger partial charge < -0.3 is 9.64 Å². The lowest BCUT2D eigenvalue weighted by Crippen LogP contribution is -2.14. The van der Waals surface area contributed by atoms with Crippen molar-refractivity contribution < 1.29 is 4.74 Å². The Labute approximate surface area is 121 Å². The number of nitrogens with zero attached hydrogens (tertiary/aromatic N) is 4. The fourth-order valence-corrected chi connectivity index (χ4v) is 1.68. The molecule has 0 saturated carbocycles. The van der Waals surface area contributed by atoms with Crippen molar-refractivity contribution in [2.24, 2.45) is 0 Å². The van der Waals surface area contributed by atoms with E-state index in [0.29, 0.717) is 11.0 Å². The number of ether oxygens (including phenoxy) is 1. The van der Waals surface area contributed by atoms with Gasteiger partial charge >= 0.3 is 6.01 Å². The van der Waals surface area contributed by atoms with Crippen LogP contribution < -0.4 is 9.64 Å². The van der Waals surface area contributed by atoms with Crippen LogP contribution in [0.25, 0.3) is 0 Å². The molecule has 0 bridgehead atoms. The summed E-state index contributed by atoms with van der Waals surface area (Å²) in [6.07, 6.45) is 0. The molecule has 0 amide bonds. The van der Waals surface area contributed by atoms with Crippen LogP contribution in [0.15, 0.2) is 24.3 Å². The Bertz CT molecular complexity index is 577. The predicted molar refractivity (Wildman–Crippen MR) is 74.9 cm³/mol. The highest BCUT2D eigenvalue weighted by molar-refractivity contribution is 6.31. The number of rotatable bonds is 4. The monoisotopic (exact) mass is 298 g/mol. The molecule has 19 heavy (non-hydrogen) atoms. The summed E-state index contributed by atoms with van der Waals surface area (Å²) in [4.78, 5) is 13.7. The Morgan fingerprint density at radius 2 is 1.84 bits per heavy atom. The van der Waals surface area contributed by atoms with Gasteiger partial charge in [-0.25, -0.2) is 0 Å². The lowest BCUT2D eigenvalue weighted by Gasteiger charge is -2.11. The van der Waals surface area contributed by atoms with Crippen LogP contribution in [0, 0.1) is 0 Å². The minimum atomic E-state index is 0.0906. The smallest absolute Gasteiger partial charge is 0.322 e. The van der Waals surface area contributed by atoms with Crippen LogP contribution in [-0.2, 0) is 6.61 Å². The van der Waals surface area contributed by atoms with Gasteiger partial charge in [0.1, 0.15) is 6.61 Å². The second-order valence-electron chi connectivity index (χ2n) is 3.96. The SMILES string of the molecule is CN(C)c1nc(Cl)nc(OCc2ccccc2Cl)n1. The number of benzene rings is 1. The first-order valence-corrected chi connectivity index (χ1v) is 6.27. The third-order valence-corrected chi connectivity index (χ3v) is 2.83. The first-order valence-electron chi connectivity index (χ1n) is 5.51. The van der Waals surface area contributed by atoms with Gasteiger partial charge in [-0.15, -0.1) is 0 Å². The Kier molecular flexibility index (Phi) is 4.39. The van der Waals surface area contributed by atoms with E-state index in [4.69, 9.17) is 27.9 Å². The van der Waals surface area contributed by atoms with E-state index in [1.54, 1.807) is 11.0 Å². The zero-order chi connectivity index (χ0) is 13.8. The second-order valence-corrected chi connectivity index (χ2v) is 4.71. The Morgan fingerprint density at radius 1 is 1.11 bits per heavy atom. The lowest BCUT2D eigenvalue weighted by atomic mass is 10.2. The largest absolute Gasteiger partial charge is 0.458 e. The summed E-state index contributed by atoms with van der Waals surface area (Å²) in [6, 6.07) is 7.58. The summed E-state index contributed by atoms with van der Waals surface area (Å²) >= 11 is 11.8. The lowest BCUT2D eigenvalue weighted by molar-refractivity contribution is 0.280. The molecule has 0 saturated heterocycles. The van der Waals surface area contributed by atoms with Crippen molar-refractivity contribution in [3.63, 3.8) is 0 Å². The van der Waals surface area contributed by atoms with Crippen LogP contribution in [0.3, 0.4) is 0 Å². The maximum absolute atomic E-state index is 6.04. The molecular weight excluding hydrogens is 287 g/mol. The molecule has 0 N–H and O–H groups in total. The van der Waals surface area contributed by atoms with Gasteiger partial charge in [-0.1, -0.05) is 29.8 Å². The van der Waals surface area contributed by atoms with Crippen LogP contribution in [0.5, 0.6) is 6.01 Å². The van der Waals surface area contributed by atoms with Crippen molar-refractivity contribution in [3.05, 3.63) is 40.1 Å². The van der Waals surface area contributed by atoms with E-state index in [9.17, 15) is 0 Å². The molecule has 0 radical (unpaired) electrons. The van der Waals surface area contributed by atoms with E-state index >= 15 is 0 Å². The van der Waals surface area contributed by atoms with Gasteiger partial charge in [0.2, 0.25) is 11.2 Å². The standard InChI is InChI=1S/C12H12Cl2N4O/c1-18(2)11-15-10(14)16-12(17-11)19-7-8-5-3-4-6-9(8)13/h3-6H,7H2,1-2H3. The topological polar surface area (TPSA) is 51.1 Å². The van der Waals surface area contributed by atoms with Crippen molar-refractivity contribution in [1.82, 2.24) is 15.0 Å². The van der Waals surface area contributed by atoms with Crippen molar-refractivity contribution in [2.45, 2.75) is 6.61 Å². The molecule has 0 aliphatic rings. The molecule has 1 heterocycles. The van der Waals surface area contributed by atoms with Crippen LogP contribution in [-0.4, -0.2) is 29.0 Å². The molecule has 1 aromatic carbocycles. The molecule has 7 heteroatoms. The number of aromatic nitrogens is 3. The highest BCUT2D eigenvalue weighted by atomic mass is 35.5. The quantitative estimate of drug-likeness (QED) is 0.869. The molecule has 2 aromatic rings. The molecule has 0 aliphatic carbocycles.